The van der Waals surface area contributed by atoms with Gasteiger partial charge in [0, 0.05) is 11.8 Å². The highest BCUT2D eigenvalue weighted by Crippen LogP contribution is 2.26. The SMILES string of the molecule is CCOc1ccc(Cc2nc(-c3ccco3)cs2)cc1N. The molecule has 0 saturated carbocycles. The van der Waals surface area contributed by atoms with Crippen LogP contribution in [-0.2, 0) is 6.42 Å². The lowest BCUT2D eigenvalue weighted by molar-refractivity contribution is 0.342. The molecule has 0 aliphatic carbocycles. The molecule has 0 aliphatic heterocycles. The van der Waals surface area contributed by atoms with E-state index in [4.69, 9.17) is 14.9 Å². The number of anilines is 1. The first-order valence-electron chi connectivity index (χ1n) is 6.75. The van der Waals surface area contributed by atoms with Gasteiger partial charge < -0.3 is 14.9 Å². The van der Waals surface area contributed by atoms with Crippen LogP contribution in [0.1, 0.15) is 17.5 Å². The van der Waals surface area contributed by atoms with E-state index in [1.165, 1.54) is 0 Å². The lowest BCUT2D eigenvalue weighted by Crippen LogP contribution is -1.98. The maximum atomic E-state index is 5.99. The van der Waals surface area contributed by atoms with Crippen LogP contribution in [0.5, 0.6) is 5.75 Å². The number of aromatic nitrogens is 1. The van der Waals surface area contributed by atoms with E-state index in [1.807, 2.05) is 42.6 Å². The molecule has 0 radical (unpaired) electrons. The van der Waals surface area contributed by atoms with Gasteiger partial charge in [0.15, 0.2) is 5.76 Å². The van der Waals surface area contributed by atoms with Crippen LogP contribution >= 0.6 is 11.3 Å². The van der Waals surface area contributed by atoms with Crippen LogP contribution in [0.2, 0.25) is 0 Å². The number of ether oxygens (including phenoxy) is 1. The van der Waals surface area contributed by atoms with Crippen molar-refractivity contribution in [3.05, 3.63) is 52.5 Å². The Labute approximate surface area is 127 Å². The average Bonchev–Trinajstić information content (AvgIpc) is 3.12. The van der Waals surface area contributed by atoms with Crippen molar-refractivity contribution in [1.29, 1.82) is 0 Å². The molecule has 108 valence electrons. The first-order chi connectivity index (χ1) is 10.3. The summed E-state index contributed by atoms with van der Waals surface area (Å²) in [6.07, 6.45) is 2.41. The van der Waals surface area contributed by atoms with Crippen molar-refractivity contribution in [2.24, 2.45) is 0 Å². The van der Waals surface area contributed by atoms with Gasteiger partial charge in [0.05, 0.1) is 23.6 Å². The zero-order valence-corrected chi connectivity index (χ0v) is 12.5. The van der Waals surface area contributed by atoms with Gasteiger partial charge in [-0.2, -0.15) is 0 Å². The standard InChI is InChI=1S/C16H16N2O2S/c1-2-19-14-6-5-11(8-12(14)17)9-16-18-13(10-21-16)15-4-3-7-20-15/h3-8,10H,2,9,17H2,1H3. The van der Waals surface area contributed by atoms with E-state index in [-0.39, 0.29) is 0 Å². The highest BCUT2D eigenvalue weighted by molar-refractivity contribution is 7.10. The third kappa shape index (κ3) is 3.08. The van der Waals surface area contributed by atoms with Gasteiger partial charge in [-0.1, -0.05) is 6.07 Å². The minimum absolute atomic E-state index is 0.614. The third-order valence-electron chi connectivity index (χ3n) is 3.05. The Kier molecular flexibility index (Phi) is 3.92. The number of nitrogens with two attached hydrogens (primary N) is 1. The smallest absolute Gasteiger partial charge is 0.153 e. The van der Waals surface area contributed by atoms with Gasteiger partial charge in [-0.15, -0.1) is 11.3 Å². The molecule has 0 atom stereocenters. The van der Waals surface area contributed by atoms with E-state index in [9.17, 15) is 0 Å². The molecular weight excluding hydrogens is 284 g/mol. The molecule has 21 heavy (non-hydrogen) atoms. The lowest BCUT2D eigenvalue weighted by atomic mass is 10.1. The van der Waals surface area contributed by atoms with Crippen molar-refractivity contribution in [2.45, 2.75) is 13.3 Å². The fraction of sp³-hybridized carbons (Fsp3) is 0.188. The van der Waals surface area contributed by atoms with Gasteiger partial charge in [-0.05, 0) is 36.8 Å². The first-order valence-corrected chi connectivity index (χ1v) is 7.63. The maximum Gasteiger partial charge on any atom is 0.153 e. The van der Waals surface area contributed by atoms with E-state index in [0.29, 0.717) is 12.3 Å². The first kappa shape index (κ1) is 13.7. The van der Waals surface area contributed by atoms with E-state index in [0.717, 1.165) is 34.2 Å². The lowest BCUT2D eigenvalue weighted by Gasteiger charge is -2.08. The molecule has 3 aromatic rings. The Morgan fingerprint density at radius 3 is 2.95 bits per heavy atom. The molecule has 3 rings (SSSR count). The van der Waals surface area contributed by atoms with Gasteiger partial charge in [0.1, 0.15) is 11.4 Å². The van der Waals surface area contributed by atoms with Crippen molar-refractivity contribution < 1.29 is 9.15 Å². The molecular formula is C16H16N2O2S. The number of nitrogen functional groups attached to an aromatic ring is 1. The molecule has 4 nitrogen and oxygen atoms in total. The molecule has 0 saturated heterocycles. The van der Waals surface area contributed by atoms with Crippen molar-refractivity contribution in [2.75, 3.05) is 12.3 Å². The number of hydrogen-bond acceptors (Lipinski definition) is 5. The minimum atomic E-state index is 0.614. The molecule has 1 aromatic carbocycles. The second-order valence-corrected chi connectivity index (χ2v) is 5.53. The summed E-state index contributed by atoms with van der Waals surface area (Å²) in [6, 6.07) is 9.65. The fourth-order valence-corrected chi connectivity index (χ4v) is 2.92. The Hall–Kier alpha value is -2.27. The topological polar surface area (TPSA) is 61.3 Å². The fourth-order valence-electron chi connectivity index (χ4n) is 2.10. The molecule has 5 heteroatoms. The number of furan rings is 1. The molecule has 0 aliphatic rings. The number of thiazole rings is 1. The summed E-state index contributed by atoms with van der Waals surface area (Å²) in [4.78, 5) is 4.59. The number of hydrogen-bond donors (Lipinski definition) is 1. The number of benzene rings is 1. The largest absolute Gasteiger partial charge is 0.492 e. The molecule has 0 bridgehead atoms. The quantitative estimate of drug-likeness (QED) is 0.724. The number of rotatable bonds is 5. The molecule has 0 amide bonds. The second-order valence-electron chi connectivity index (χ2n) is 4.59. The van der Waals surface area contributed by atoms with Gasteiger partial charge in [-0.25, -0.2) is 4.98 Å². The van der Waals surface area contributed by atoms with Gasteiger partial charge in [-0.3, -0.25) is 0 Å². The molecule has 0 unspecified atom stereocenters. The Balaban J connectivity index is 1.76. The summed E-state index contributed by atoms with van der Waals surface area (Å²) in [5, 5.41) is 3.04. The molecule has 0 fully saturated rings. The summed E-state index contributed by atoms with van der Waals surface area (Å²) in [7, 11) is 0. The van der Waals surface area contributed by atoms with Crippen molar-refractivity contribution in [3.8, 4) is 17.2 Å². The highest BCUT2D eigenvalue weighted by Gasteiger charge is 2.08. The summed E-state index contributed by atoms with van der Waals surface area (Å²) in [5.74, 6) is 1.53. The molecule has 2 aromatic heterocycles. The highest BCUT2D eigenvalue weighted by atomic mass is 32.1. The van der Waals surface area contributed by atoms with Gasteiger partial charge in [0.2, 0.25) is 0 Å². The summed E-state index contributed by atoms with van der Waals surface area (Å²) in [5.41, 5.74) is 8.65. The van der Waals surface area contributed by atoms with Gasteiger partial charge in [0.25, 0.3) is 0 Å². The zero-order valence-electron chi connectivity index (χ0n) is 11.7. The Bertz CT molecular complexity index is 720. The van der Waals surface area contributed by atoms with Crippen LogP contribution in [0.25, 0.3) is 11.5 Å². The maximum absolute atomic E-state index is 5.99. The van der Waals surface area contributed by atoms with Crippen LogP contribution in [0.4, 0.5) is 5.69 Å². The zero-order chi connectivity index (χ0) is 14.7. The summed E-state index contributed by atoms with van der Waals surface area (Å²) < 4.78 is 10.8. The van der Waals surface area contributed by atoms with Crippen LogP contribution in [0.3, 0.4) is 0 Å². The average molecular weight is 300 g/mol. The minimum Gasteiger partial charge on any atom is -0.492 e. The van der Waals surface area contributed by atoms with Gasteiger partial charge >= 0.3 is 0 Å². The Morgan fingerprint density at radius 1 is 1.33 bits per heavy atom. The van der Waals surface area contributed by atoms with Crippen LogP contribution in [0, 0.1) is 0 Å². The van der Waals surface area contributed by atoms with Crippen molar-refractivity contribution in [1.82, 2.24) is 4.98 Å². The summed E-state index contributed by atoms with van der Waals surface area (Å²) >= 11 is 1.62. The molecule has 0 spiro atoms. The number of nitrogens with zero attached hydrogens (tertiary/aromatic N) is 1. The predicted octanol–water partition coefficient (Wildman–Crippen LogP) is 3.97. The van der Waals surface area contributed by atoms with Crippen molar-refractivity contribution >= 4 is 17.0 Å². The monoisotopic (exact) mass is 300 g/mol. The molecule has 2 heterocycles. The van der Waals surface area contributed by atoms with E-state index in [2.05, 4.69) is 4.98 Å². The molecule has 2 N–H and O–H groups in total. The van der Waals surface area contributed by atoms with E-state index in [1.54, 1.807) is 17.6 Å². The van der Waals surface area contributed by atoms with Crippen LogP contribution < -0.4 is 10.5 Å². The predicted molar refractivity (Wildman–Crippen MR) is 84.6 cm³/mol. The van der Waals surface area contributed by atoms with Crippen LogP contribution in [-0.4, -0.2) is 11.6 Å². The normalized spacial score (nSPS) is 10.7. The Morgan fingerprint density at radius 2 is 2.24 bits per heavy atom. The van der Waals surface area contributed by atoms with Crippen molar-refractivity contribution in [3.63, 3.8) is 0 Å². The second kappa shape index (κ2) is 6.01. The van der Waals surface area contributed by atoms with Crippen LogP contribution in [0.15, 0.2) is 46.4 Å². The summed E-state index contributed by atoms with van der Waals surface area (Å²) in [6.45, 7) is 2.56. The van der Waals surface area contributed by atoms with E-state index >= 15 is 0 Å². The van der Waals surface area contributed by atoms with E-state index < -0.39 is 0 Å². The third-order valence-corrected chi connectivity index (χ3v) is 3.90.